The summed E-state index contributed by atoms with van der Waals surface area (Å²) in [6, 6.07) is 10.1. The van der Waals surface area contributed by atoms with Gasteiger partial charge in [0.1, 0.15) is 0 Å². The van der Waals surface area contributed by atoms with E-state index in [-0.39, 0.29) is 24.8 Å². The van der Waals surface area contributed by atoms with Crippen LogP contribution in [0.4, 0.5) is 11.4 Å². The van der Waals surface area contributed by atoms with Crippen LogP contribution in [0.3, 0.4) is 0 Å². The zero-order valence-electron chi connectivity index (χ0n) is 13.8. The van der Waals surface area contributed by atoms with Crippen LogP contribution in [0.15, 0.2) is 36.4 Å². The topological polar surface area (TPSA) is 49.4 Å². The molecule has 0 heterocycles. The Morgan fingerprint density at radius 2 is 1.68 bits per heavy atom. The molecule has 7 heteroatoms. The molecule has 0 unspecified atom stereocenters. The Labute approximate surface area is 161 Å². The van der Waals surface area contributed by atoms with Crippen LogP contribution in [0.2, 0.25) is 15.1 Å². The van der Waals surface area contributed by atoms with Gasteiger partial charge in [0.2, 0.25) is 11.8 Å². The lowest BCUT2D eigenvalue weighted by Crippen LogP contribution is -2.32. The van der Waals surface area contributed by atoms with Crippen LogP contribution >= 0.6 is 34.8 Å². The number of amides is 2. The number of carbonyl (C=O) groups excluding carboxylic acids is 2. The fourth-order valence-corrected chi connectivity index (χ4v) is 3.08. The second-order valence-corrected chi connectivity index (χ2v) is 6.80. The number of benzene rings is 2. The van der Waals surface area contributed by atoms with Crippen LogP contribution in [-0.2, 0) is 9.59 Å². The summed E-state index contributed by atoms with van der Waals surface area (Å²) < 4.78 is 0. The maximum absolute atomic E-state index is 12.2. The van der Waals surface area contributed by atoms with Crippen molar-refractivity contribution in [1.29, 1.82) is 0 Å². The number of carbonyl (C=O) groups is 2. The number of hydrogen-bond donors (Lipinski definition) is 1. The molecule has 0 radical (unpaired) electrons. The molecule has 0 atom stereocenters. The van der Waals surface area contributed by atoms with Crippen molar-refractivity contribution in [3.05, 3.63) is 57.0 Å². The summed E-state index contributed by atoms with van der Waals surface area (Å²) in [6.45, 7) is 3.48. The third-order valence-electron chi connectivity index (χ3n) is 3.61. The fourth-order valence-electron chi connectivity index (χ4n) is 2.34. The minimum absolute atomic E-state index is 0.126. The number of aryl methyl sites for hydroxylation is 1. The van der Waals surface area contributed by atoms with Gasteiger partial charge in [-0.15, -0.1) is 0 Å². The number of nitrogens with one attached hydrogen (secondary N) is 1. The zero-order valence-corrected chi connectivity index (χ0v) is 16.0. The van der Waals surface area contributed by atoms with Crippen molar-refractivity contribution < 1.29 is 9.59 Å². The van der Waals surface area contributed by atoms with Gasteiger partial charge in [0.15, 0.2) is 0 Å². The predicted molar refractivity (Wildman–Crippen MR) is 104 cm³/mol. The van der Waals surface area contributed by atoms with E-state index in [2.05, 4.69) is 5.32 Å². The maximum atomic E-state index is 12.2. The van der Waals surface area contributed by atoms with Gasteiger partial charge in [0.05, 0.1) is 10.7 Å². The Morgan fingerprint density at radius 1 is 1.04 bits per heavy atom. The van der Waals surface area contributed by atoms with E-state index in [1.165, 1.54) is 11.8 Å². The van der Waals surface area contributed by atoms with Gasteiger partial charge < -0.3 is 10.2 Å². The molecule has 0 saturated heterocycles. The van der Waals surface area contributed by atoms with Crippen LogP contribution < -0.4 is 10.2 Å². The summed E-state index contributed by atoms with van der Waals surface area (Å²) in [6.07, 6.45) is 0.126. The van der Waals surface area contributed by atoms with Crippen molar-refractivity contribution in [2.75, 3.05) is 16.8 Å². The standard InChI is InChI=1S/C18H17Cl3N2O2/c1-11-9-13(19)3-5-16(11)22-18(25)7-8-23(12(2)24)17-6-4-14(20)10-15(17)21/h3-6,9-10H,7-8H2,1-2H3,(H,22,25). The van der Waals surface area contributed by atoms with Crippen LogP contribution in [0.25, 0.3) is 0 Å². The summed E-state index contributed by atoms with van der Waals surface area (Å²) in [4.78, 5) is 25.6. The van der Waals surface area contributed by atoms with Gasteiger partial charge in [-0.2, -0.15) is 0 Å². The first-order chi connectivity index (χ1) is 11.8. The number of halogens is 3. The average Bonchev–Trinajstić information content (AvgIpc) is 2.52. The Balaban J connectivity index is 2.05. The number of hydrogen-bond acceptors (Lipinski definition) is 2. The van der Waals surface area contributed by atoms with E-state index in [0.29, 0.717) is 26.4 Å². The van der Waals surface area contributed by atoms with Gasteiger partial charge in [-0.1, -0.05) is 34.8 Å². The molecule has 0 spiro atoms. The second-order valence-electron chi connectivity index (χ2n) is 5.52. The van der Waals surface area contributed by atoms with Gasteiger partial charge in [-0.3, -0.25) is 9.59 Å². The first-order valence-corrected chi connectivity index (χ1v) is 8.70. The van der Waals surface area contributed by atoms with Crippen LogP contribution in [0.5, 0.6) is 0 Å². The molecule has 2 amide bonds. The van der Waals surface area contributed by atoms with Crippen molar-refractivity contribution in [3.63, 3.8) is 0 Å². The largest absolute Gasteiger partial charge is 0.326 e. The highest BCUT2D eigenvalue weighted by atomic mass is 35.5. The molecule has 0 saturated carbocycles. The van der Waals surface area contributed by atoms with E-state index in [9.17, 15) is 9.59 Å². The minimum Gasteiger partial charge on any atom is -0.326 e. The molecule has 0 aliphatic carbocycles. The summed E-state index contributed by atoms with van der Waals surface area (Å²) in [7, 11) is 0. The SMILES string of the molecule is CC(=O)N(CCC(=O)Nc1ccc(Cl)cc1C)c1ccc(Cl)cc1Cl. The molecule has 0 aromatic heterocycles. The minimum atomic E-state index is -0.209. The molecule has 0 aliphatic heterocycles. The normalized spacial score (nSPS) is 10.4. The van der Waals surface area contributed by atoms with Crippen molar-refractivity contribution >= 4 is 58.0 Å². The molecule has 0 aliphatic rings. The molecule has 2 aromatic carbocycles. The molecular formula is C18H17Cl3N2O2. The van der Waals surface area contributed by atoms with Gasteiger partial charge in [0, 0.05) is 35.6 Å². The maximum Gasteiger partial charge on any atom is 0.226 e. The highest BCUT2D eigenvalue weighted by Crippen LogP contribution is 2.29. The Bertz CT molecular complexity index is 809. The lowest BCUT2D eigenvalue weighted by Gasteiger charge is -2.22. The highest BCUT2D eigenvalue weighted by Gasteiger charge is 2.17. The third-order valence-corrected chi connectivity index (χ3v) is 4.38. The van der Waals surface area contributed by atoms with Crippen molar-refractivity contribution in [1.82, 2.24) is 0 Å². The van der Waals surface area contributed by atoms with E-state index in [1.807, 2.05) is 6.92 Å². The van der Waals surface area contributed by atoms with E-state index < -0.39 is 0 Å². The monoisotopic (exact) mass is 398 g/mol. The Kier molecular flexibility index (Phi) is 6.71. The van der Waals surface area contributed by atoms with Crippen molar-refractivity contribution in [3.8, 4) is 0 Å². The fraction of sp³-hybridized carbons (Fsp3) is 0.222. The molecular weight excluding hydrogens is 383 g/mol. The Hall–Kier alpha value is -1.75. The predicted octanol–water partition coefficient (Wildman–Crippen LogP) is 5.34. The number of nitrogens with zero attached hydrogens (tertiary/aromatic N) is 1. The highest BCUT2D eigenvalue weighted by molar-refractivity contribution is 6.36. The van der Waals surface area contributed by atoms with Gasteiger partial charge in [-0.25, -0.2) is 0 Å². The summed E-state index contributed by atoms with van der Waals surface area (Å²) in [5.74, 6) is -0.415. The summed E-state index contributed by atoms with van der Waals surface area (Å²) >= 11 is 17.9. The smallest absolute Gasteiger partial charge is 0.226 e. The van der Waals surface area contributed by atoms with Gasteiger partial charge in [-0.05, 0) is 48.9 Å². The summed E-state index contributed by atoms with van der Waals surface area (Å²) in [5.41, 5.74) is 2.08. The Morgan fingerprint density at radius 3 is 2.28 bits per heavy atom. The van der Waals surface area contributed by atoms with Crippen LogP contribution in [0, 0.1) is 6.92 Å². The van der Waals surface area contributed by atoms with Crippen LogP contribution in [-0.4, -0.2) is 18.4 Å². The van der Waals surface area contributed by atoms with E-state index in [4.69, 9.17) is 34.8 Å². The molecule has 0 bridgehead atoms. The lowest BCUT2D eigenvalue weighted by atomic mass is 10.2. The van der Waals surface area contributed by atoms with Crippen molar-refractivity contribution in [2.45, 2.75) is 20.3 Å². The summed E-state index contributed by atoms with van der Waals surface area (Å²) in [5, 5.41) is 4.26. The molecule has 0 fully saturated rings. The van der Waals surface area contributed by atoms with Gasteiger partial charge >= 0.3 is 0 Å². The quantitative estimate of drug-likeness (QED) is 0.738. The molecule has 4 nitrogen and oxygen atoms in total. The number of anilines is 2. The number of rotatable bonds is 5. The van der Waals surface area contributed by atoms with E-state index in [1.54, 1.807) is 36.4 Å². The van der Waals surface area contributed by atoms with Crippen LogP contribution in [0.1, 0.15) is 18.9 Å². The van der Waals surface area contributed by atoms with Gasteiger partial charge in [0.25, 0.3) is 0 Å². The molecule has 1 N–H and O–H groups in total. The molecule has 2 rings (SSSR count). The second kappa shape index (κ2) is 8.56. The third kappa shape index (κ3) is 5.36. The first-order valence-electron chi connectivity index (χ1n) is 7.57. The van der Waals surface area contributed by atoms with E-state index >= 15 is 0 Å². The first kappa shape index (κ1) is 19.6. The molecule has 25 heavy (non-hydrogen) atoms. The van der Waals surface area contributed by atoms with Crippen molar-refractivity contribution in [2.24, 2.45) is 0 Å². The average molecular weight is 400 g/mol. The zero-order chi connectivity index (χ0) is 18.6. The lowest BCUT2D eigenvalue weighted by molar-refractivity contribution is -0.117. The molecule has 132 valence electrons. The molecule has 2 aromatic rings. The van der Waals surface area contributed by atoms with E-state index in [0.717, 1.165) is 5.56 Å².